The van der Waals surface area contributed by atoms with E-state index in [1.54, 1.807) is 0 Å². The Labute approximate surface area is 119 Å². The summed E-state index contributed by atoms with van der Waals surface area (Å²) < 4.78 is 5.91. The molecule has 0 saturated heterocycles. The fraction of sp³-hybridized carbons (Fsp3) is 0.889. The Morgan fingerprint density at radius 2 is 1.47 bits per heavy atom. The fourth-order valence-corrected chi connectivity index (χ4v) is 4.09. The van der Waals surface area contributed by atoms with Crippen LogP contribution in [0.4, 0.5) is 0 Å². The van der Waals surface area contributed by atoms with Crippen LogP contribution in [0, 0.1) is 17.8 Å². The molecule has 110 valence electrons. The number of ether oxygens (including phenoxy) is 1. The second kappa shape index (κ2) is 8.09. The van der Waals surface area contributed by atoms with Gasteiger partial charge in [-0.1, -0.05) is 19.1 Å². The molecule has 0 unspecified atom stereocenters. The van der Waals surface area contributed by atoms with E-state index in [4.69, 9.17) is 4.74 Å². The number of hydrogen-bond donors (Lipinski definition) is 0. The molecule has 0 aromatic heterocycles. The van der Waals surface area contributed by atoms with Crippen LogP contribution in [0.25, 0.3) is 0 Å². The summed E-state index contributed by atoms with van der Waals surface area (Å²) in [5.41, 5.74) is 0. The second-order valence-electron chi connectivity index (χ2n) is 6.61. The summed E-state index contributed by atoms with van der Waals surface area (Å²) in [6, 6.07) is 0. The highest BCUT2D eigenvalue weighted by molar-refractivity contribution is 4.90. The molecule has 1 heteroatoms. The number of hydrogen-bond acceptors (Lipinski definition) is 1. The Morgan fingerprint density at radius 3 is 2.00 bits per heavy atom. The third kappa shape index (κ3) is 4.63. The van der Waals surface area contributed by atoms with Gasteiger partial charge in [0.2, 0.25) is 0 Å². The highest BCUT2D eigenvalue weighted by atomic mass is 16.5. The molecule has 0 aliphatic heterocycles. The molecule has 0 aromatic carbocycles. The zero-order chi connectivity index (χ0) is 13.5. The van der Waals surface area contributed by atoms with Gasteiger partial charge < -0.3 is 4.74 Å². The molecule has 0 spiro atoms. The van der Waals surface area contributed by atoms with Crippen LogP contribution < -0.4 is 0 Å². The monoisotopic (exact) mass is 264 g/mol. The van der Waals surface area contributed by atoms with E-state index >= 15 is 0 Å². The first kappa shape index (κ1) is 15.1. The van der Waals surface area contributed by atoms with Crippen LogP contribution in [0.1, 0.15) is 71.6 Å². The van der Waals surface area contributed by atoms with Gasteiger partial charge >= 0.3 is 0 Å². The average Bonchev–Trinajstić information content (AvgIpc) is 2.47. The van der Waals surface area contributed by atoms with E-state index < -0.39 is 0 Å². The molecular weight excluding hydrogens is 232 g/mol. The van der Waals surface area contributed by atoms with Crippen LogP contribution in [0.15, 0.2) is 12.2 Å². The van der Waals surface area contributed by atoms with Crippen LogP contribution in [-0.4, -0.2) is 12.7 Å². The first-order valence-corrected chi connectivity index (χ1v) is 8.57. The van der Waals surface area contributed by atoms with Crippen molar-refractivity contribution < 1.29 is 4.74 Å². The highest BCUT2D eigenvalue weighted by Gasteiger charge is 2.30. The third-order valence-corrected chi connectivity index (χ3v) is 5.22. The standard InChI is InChI=1S/C18H32O/c1-3-5-15-6-8-16(9-7-15)17-10-12-18(13-11-17)19-14-4-2/h3,5,15-18H,4,6-14H2,1-2H3/b5-3+. The molecule has 2 aliphatic rings. The molecule has 0 amide bonds. The Bertz CT molecular complexity index is 255. The summed E-state index contributed by atoms with van der Waals surface area (Å²) in [4.78, 5) is 0. The van der Waals surface area contributed by atoms with Gasteiger partial charge in [-0.2, -0.15) is 0 Å². The van der Waals surface area contributed by atoms with Crippen molar-refractivity contribution >= 4 is 0 Å². The van der Waals surface area contributed by atoms with Gasteiger partial charge in [0.15, 0.2) is 0 Å². The van der Waals surface area contributed by atoms with Gasteiger partial charge in [-0.25, -0.2) is 0 Å². The molecule has 0 heterocycles. The smallest absolute Gasteiger partial charge is 0.0575 e. The minimum atomic E-state index is 0.579. The summed E-state index contributed by atoms with van der Waals surface area (Å²) in [7, 11) is 0. The normalized spacial score (nSPS) is 36.7. The van der Waals surface area contributed by atoms with E-state index in [1.807, 2.05) is 0 Å². The lowest BCUT2D eigenvalue weighted by Gasteiger charge is -2.37. The largest absolute Gasteiger partial charge is 0.378 e. The minimum Gasteiger partial charge on any atom is -0.378 e. The average molecular weight is 264 g/mol. The molecule has 0 N–H and O–H groups in total. The predicted molar refractivity (Wildman–Crippen MR) is 82.3 cm³/mol. The lowest BCUT2D eigenvalue weighted by Crippen LogP contribution is -2.28. The summed E-state index contributed by atoms with van der Waals surface area (Å²) in [6.07, 6.45) is 17.7. The van der Waals surface area contributed by atoms with Gasteiger partial charge in [-0.3, -0.25) is 0 Å². The van der Waals surface area contributed by atoms with E-state index in [0.717, 1.165) is 30.8 Å². The van der Waals surface area contributed by atoms with Gasteiger partial charge in [0.25, 0.3) is 0 Å². The molecule has 0 atom stereocenters. The first-order valence-electron chi connectivity index (χ1n) is 8.57. The van der Waals surface area contributed by atoms with Crippen molar-refractivity contribution in [1.82, 2.24) is 0 Å². The molecule has 2 rings (SSSR count). The third-order valence-electron chi connectivity index (χ3n) is 5.22. The quantitative estimate of drug-likeness (QED) is 0.608. The molecule has 2 aliphatic carbocycles. The second-order valence-corrected chi connectivity index (χ2v) is 6.61. The van der Waals surface area contributed by atoms with Crippen molar-refractivity contribution in [1.29, 1.82) is 0 Å². The van der Waals surface area contributed by atoms with Gasteiger partial charge in [0, 0.05) is 6.61 Å². The maximum Gasteiger partial charge on any atom is 0.0575 e. The van der Waals surface area contributed by atoms with E-state index in [2.05, 4.69) is 26.0 Å². The molecule has 1 nitrogen and oxygen atoms in total. The summed E-state index contributed by atoms with van der Waals surface area (Å²) in [6.45, 7) is 5.32. The lowest BCUT2D eigenvalue weighted by molar-refractivity contribution is 0.00796. The molecule has 0 radical (unpaired) electrons. The lowest BCUT2D eigenvalue weighted by atomic mass is 9.70. The van der Waals surface area contributed by atoms with Gasteiger partial charge in [0.05, 0.1) is 6.10 Å². The fourth-order valence-electron chi connectivity index (χ4n) is 4.09. The van der Waals surface area contributed by atoms with Crippen molar-refractivity contribution in [2.45, 2.75) is 77.7 Å². The first-order chi connectivity index (χ1) is 9.33. The van der Waals surface area contributed by atoms with Crippen molar-refractivity contribution in [3.8, 4) is 0 Å². The van der Waals surface area contributed by atoms with E-state index in [0.29, 0.717) is 6.10 Å². The molecule has 0 aromatic rings. The van der Waals surface area contributed by atoms with Gasteiger partial charge in [-0.05, 0) is 82.5 Å². The van der Waals surface area contributed by atoms with Crippen LogP contribution in [0.2, 0.25) is 0 Å². The van der Waals surface area contributed by atoms with E-state index in [-0.39, 0.29) is 0 Å². The Kier molecular flexibility index (Phi) is 6.43. The van der Waals surface area contributed by atoms with Crippen molar-refractivity contribution in [3.63, 3.8) is 0 Å². The van der Waals surface area contributed by atoms with Gasteiger partial charge in [0.1, 0.15) is 0 Å². The zero-order valence-electron chi connectivity index (χ0n) is 12.9. The molecule has 2 saturated carbocycles. The predicted octanol–water partition coefficient (Wildman–Crippen LogP) is 5.35. The molecular formula is C18H32O. The maximum absolute atomic E-state index is 5.91. The topological polar surface area (TPSA) is 9.23 Å². The number of rotatable bonds is 5. The van der Waals surface area contributed by atoms with Crippen molar-refractivity contribution in [2.75, 3.05) is 6.61 Å². The Morgan fingerprint density at radius 1 is 0.895 bits per heavy atom. The summed E-state index contributed by atoms with van der Waals surface area (Å²) in [5, 5.41) is 0. The van der Waals surface area contributed by atoms with E-state index in [1.165, 1.54) is 51.4 Å². The Balaban J connectivity index is 1.68. The number of allylic oxidation sites excluding steroid dienone is 2. The van der Waals surface area contributed by atoms with Crippen molar-refractivity contribution in [3.05, 3.63) is 12.2 Å². The maximum atomic E-state index is 5.91. The summed E-state index contributed by atoms with van der Waals surface area (Å²) >= 11 is 0. The van der Waals surface area contributed by atoms with Crippen LogP contribution >= 0.6 is 0 Å². The molecule has 19 heavy (non-hydrogen) atoms. The van der Waals surface area contributed by atoms with Crippen LogP contribution in [0.5, 0.6) is 0 Å². The zero-order valence-corrected chi connectivity index (χ0v) is 12.9. The SMILES string of the molecule is C/C=C/C1CCC(C2CCC(OCCC)CC2)CC1. The summed E-state index contributed by atoms with van der Waals surface area (Å²) in [5.74, 6) is 2.91. The highest BCUT2D eigenvalue weighted by Crippen LogP contribution is 2.40. The van der Waals surface area contributed by atoms with Crippen LogP contribution in [0.3, 0.4) is 0 Å². The molecule has 2 fully saturated rings. The van der Waals surface area contributed by atoms with Crippen molar-refractivity contribution in [2.24, 2.45) is 17.8 Å². The molecule has 0 bridgehead atoms. The van der Waals surface area contributed by atoms with Crippen LogP contribution in [-0.2, 0) is 4.74 Å². The minimum absolute atomic E-state index is 0.579. The van der Waals surface area contributed by atoms with E-state index in [9.17, 15) is 0 Å². The Hall–Kier alpha value is -0.300. The van der Waals surface area contributed by atoms with Gasteiger partial charge in [-0.15, -0.1) is 0 Å².